The standard InChI is InChI=1S/C32H16N4S/c33-17-26-23-8-4-16-35-30(23)31-24(27(26)18-34)14-15-28(36-31)20-12-10-19(11-13-20)21-6-3-7-25-22-5-1-2-9-29(22)37-32(21)25/h1-16H. The number of hydrogen-bond donors (Lipinski definition) is 0. The molecule has 0 aliphatic heterocycles. The molecule has 0 aliphatic rings. The topological polar surface area (TPSA) is 73.4 Å². The fourth-order valence-corrected chi connectivity index (χ4v) is 6.33. The Hall–Kier alpha value is -5.10. The minimum absolute atomic E-state index is 0.337. The van der Waals surface area contributed by atoms with Gasteiger partial charge in [0.05, 0.1) is 27.9 Å². The molecule has 0 unspecified atom stereocenters. The monoisotopic (exact) mass is 488 g/mol. The first-order valence-corrected chi connectivity index (χ1v) is 12.6. The number of pyridine rings is 2. The summed E-state index contributed by atoms with van der Waals surface area (Å²) in [5.74, 6) is 0. The zero-order valence-electron chi connectivity index (χ0n) is 19.4. The summed E-state index contributed by atoms with van der Waals surface area (Å²) in [6.07, 6.45) is 1.69. The third-order valence-corrected chi connectivity index (χ3v) is 8.06. The molecule has 170 valence electrons. The average molecular weight is 489 g/mol. The summed E-state index contributed by atoms with van der Waals surface area (Å²) in [4.78, 5) is 9.42. The Balaban J connectivity index is 1.37. The molecule has 0 fully saturated rings. The highest BCUT2D eigenvalue weighted by atomic mass is 32.1. The average Bonchev–Trinajstić information content (AvgIpc) is 3.35. The lowest BCUT2D eigenvalue weighted by atomic mass is 9.97. The Morgan fingerprint density at radius 3 is 2.11 bits per heavy atom. The SMILES string of the molecule is N#Cc1c(C#N)c2ccc(-c3ccc(-c4cccc5c4sc4ccccc45)cc3)nc2c2ncccc12. The van der Waals surface area contributed by atoms with Gasteiger partial charge in [-0.25, -0.2) is 4.98 Å². The van der Waals surface area contributed by atoms with Crippen molar-refractivity contribution >= 4 is 53.3 Å². The molecule has 4 aromatic carbocycles. The van der Waals surface area contributed by atoms with Crippen LogP contribution in [0.4, 0.5) is 0 Å². The lowest BCUT2D eigenvalue weighted by Crippen LogP contribution is -1.95. The molecule has 0 bridgehead atoms. The van der Waals surface area contributed by atoms with Gasteiger partial charge in [0.15, 0.2) is 0 Å². The number of nitrogens with zero attached hydrogens (tertiary/aromatic N) is 4. The first-order chi connectivity index (χ1) is 18.3. The van der Waals surface area contributed by atoms with E-state index in [4.69, 9.17) is 4.98 Å². The molecule has 5 heteroatoms. The van der Waals surface area contributed by atoms with Crippen LogP contribution in [0.3, 0.4) is 0 Å². The number of hydrogen-bond acceptors (Lipinski definition) is 5. The van der Waals surface area contributed by atoms with E-state index in [0.29, 0.717) is 32.9 Å². The third kappa shape index (κ3) is 3.19. The molecular formula is C32H16N4S. The maximum absolute atomic E-state index is 9.81. The van der Waals surface area contributed by atoms with Crippen molar-refractivity contribution in [2.75, 3.05) is 0 Å². The molecular weight excluding hydrogens is 472 g/mol. The van der Waals surface area contributed by atoms with Crippen molar-refractivity contribution in [1.29, 1.82) is 10.5 Å². The van der Waals surface area contributed by atoms with Crippen LogP contribution in [0.1, 0.15) is 11.1 Å². The quantitative estimate of drug-likeness (QED) is 0.230. The summed E-state index contributed by atoms with van der Waals surface area (Å²) >= 11 is 1.82. The van der Waals surface area contributed by atoms with E-state index in [1.807, 2.05) is 29.5 Å². The van der Waals surface area contributed by atoms with Gasteiger partial charge in [0.1, 0.15) is 12.1 Å². The Bertz CT molecular complexity index is 2110. The van der Waals surface area contributed by atoms with Crippen LogP contribution in [0.25, 0.3) is 64.4 Å². The minimum atomic E-state index is 0.337. The van der Waals surface area contributed by atoms with Crippen LogP contribution in [0.2, 0.25) is 0 Å². The van der Waals surface area contributed by atoms with Gasteiger partial charge in [0.25, 0.3) is 0 Å². The predicted octanol–water partition coefficient (Wildman–Crippen LogP) is 8.23. The highest BCUT2D eigenvalue weighted by Gasteiger charge is 2.17. The number of fused-ring (bicyclic) bond motifs is 6. The van der Waals surface area contributed by atoms with Crippen molar-refractivity contribution in [1.82, 2.24) is 9.97 Å². The summed E-state index contributed by atoms with van der Waals surface area (Å²) in [6.45, 7) is 0. The van der Waals surface area contributed by atoms with E-state index in [1.54, 1.807) is 12.3 Å². The van der Waals surface area contributed by atoms with Crippen molar-refractivity contribution in [2.45, 2.75) is 0 Å². The van der Waals surface area contributed by atoms with Crippen LogP contribution in [0, 0.1) is 22.7 Å². The minimum Gasteiger partial charge on any atom is -0.254 e. The van der Waals surface area contributed by atoms with E-state index in [9.17, 15) is 10.5 Å². The molecule has 0 saturated carbocycles. The second kappa shape index (κ2) is 8.24. The summed E-state index contributed by atoms with van der Waals surface area (Å²) in [7, 11) is 0. The smallest absolute Gasteiger partial charge is 0.101 e. The van der Waals surface area contributed by atoms with Crippen LogP contribution in [0.5, 0.6) is 0 Å². The van der Waals surface area contributed by atoms with E-state index in [1.165, 1.54) is 25.7 Å². The Labute approximate surface area is 216 Å². The Morgan fingerprint density at radius 1 is 0.595 bits per heavy atom. The zero-order chi connectivity index (χ0) is 24.9. The molecule has 4 nitrogen and oxygen atoms in total. The number of rotatable bonds is 2. The van der Waals surface area contributed by atoms with Gasteiger partial charge in [0, 0.05) is 42.7 Å². The predicted molar refractivity (Wildman–Crippen MR) is 150 cm³/mol. The van der Waals surface area contributed by atoms with E-state index in [-0.39, 0.29) is 0 Å². The lowest BCUT2D eigenvalue weighted by Gasteiger charge is -2.10. The van der Waals surface area contributed by atoms with Gasteiger partial charge in [-0.15, -0.1) is 11.3 Å². The van der Waals surface area contributed by atoms with Crippen molar-refractivity contribution in [2.24, 2.45) is 0 Å². The molecule has 3 heterocycles. The lowest BCUT2D eigenvalue weighted by molar-refractivity contribution is 1.36. The summed E-state index contributed by atoms with van der Waals surface area (Å²) in [5.41, 5.74) is 6.07. The molecule has 0 aliphatic carbocycles. The maximum Gasteiger partial charge on any atom is 0.101 e. The van der Waals surface area contributed by atoms with Crippen LogP contribution >= 0.6 is 11.3 Å². The molecule has 7 rings (SSSR count). The molecule has 0 saturated heterocycles. The van der Waals surface area contributed by atoms with Gasteiger partial charge >= 0.3 is 0 Å². The van der Waals surface area contributed by atoms with Crippen molar-refractivity contribution < 1.29 is 0 Å². The third-order valence-electron chi connectivity index (χ3n) is 6.84. The van der Waals surface area contributed by atoms with Gasteiger partial charge in [-0.05, 0) is 41.5 Å². The van der Waals surface area contributed by atoms with Crippen molar-refractivity contribution in [3.05, 3.63) is 108 Å². The van der Waals surface area contributed by atoms with E-state index in [0.717, 1.165) is 16.8 Å². The van der Waals surface area contributed by atoms with Gasteiger partial charge in [0.2, 0.25) is 0 Å². The number of benzene rings is 4. The molecule has 7 aromatic rings. The zero-order valence-corrected chi connectivity index (χ0v) is 20.3. The summed E-state index contributed by atoms with van der Waals surface area (Å²) < 4.78 is 2.58. The Kier molecular flexibility index (Phi) is 4.72. The molecule has 0 radical (unpaired) electrons. The maximum atomic E-state index is 9.81. The molecule has 0 spiro atoms. The molecule has 0 atom stereocenters. The van der Waals surface area contributed by atoms with Crippen LogP contribution in [-0.4, -0.2) is 9.97 Å². The fraction of sp³-hybridized carbons (Fsp3) is 0. The second-order valence-electron chi connectivity index (χ2n) is 8.82. The van der Waals surface area contributed by atoms with Gasteiger partial charge in [-0.1, -0.05) is 60.7 Å². The van der Waals surface area contributed by atoms with Gasteiger partial charge < -0.3 is 0 Å². The Morgan fingerprint density at radius 2 is 1.30 bits per heavy atom. The second-order valence-corrected chi connectivity index (χ2v) is 9.88. The van der Waals surface area contributed by atoms with Crippen LogP contribution < -0.4 is 0 Å². The first-order valence-electron chi connectivity index (χ1n) is 11.8. The summed E-state index contributed by atoms with van der Waals surface area (Å²) in [5, 5.41) is 23.4. The molecule has 0 N–H and O–H groups in total. The number of thiophene rings is 1. The summed E-state index contributed by atoms with van der Waals surface area (Å²) in [6, 6.07) is 35.2. The van der Waals surface area contributed by atoms with E-state index >= 15 is 0 Å². The molecule has 0 amide bonds. The van der Waals surface area contributed by atoms with Crippen LogP contribution in [-0.2, 0) is 0 Å². The largest absolute Gasteiger partial charge is 0.254 e. The number of aromatic nitrogens is 2. The van der Waals surface area contributed by atoms with Gasteiger partial charge in [-0.2, -0.15) is 10.5 Å². The fourth-order valence-electron chi connectivity index (χ4n) is 5.09. The van der Waals surface area contributed by atoms with E-state index < -0.39 is 0 Å². The van der Waals surface area contributed by atoms with E-state index in [2.05, 4.69) is 83.9 Å². The normalized spacial score (nSPS) is 11.2. The molecule has 37 heavy (non-hydrogen) atoms. The number of nitriles is 2. The van der Waals surface area contributed by atoms with Crippen molar-refractivity contribution in [3.8, 4) is 34.5 Å². The van der Waals surface area contributed by atoms with Gasteiger partial charge in [-0.3, -0.25) is 4.98 Å². The first kappa shape index (κ1) is 21.2. The molecule has 3 aromatic heterocycles. The highest BCUT2D eigenvalue weighted by molar-refractivity contribution is 7.26. The highest BCUT2D eigenvalue weighted by Crippen LogP contribution is 2.40. The van der Waals surface area contributed by atoms with Crippen molar-refractivity contribution in [3.63, 3.8) is 0 Å². The van der Waals surface area contributed by atoms with Crippen LogP contribution in [0.15, 0.2) is 97.2 Å².